The number of fused-ring (bicyclic) bond motifs is 1. The third kappa shape index (κ3) is 2.13. The number of ether oxygens (including phenoxy) is 1. The Kier molecular flexibility index (Phi) is 3.33. The van der Waals surface area contributed by atoms with Gasteiger partial charge in [-0.15, -0.1) is 0 Å². The van der Waals surface area contributed by atoms with E-state index in [1.54, 1.807) is 12.1 Å². The van der Waals surface area contributed by atoms with E-state index in [0.717, 1.165) is 23.9 Å². The first-order chi connectivity index (χ1) is 8.17. The highest BCUT2D eigenvalue weighted by Crippen LogP contribution is 2.24. The summed E-state index contributed by atoms with van der Waals surface area (Å²) in [6.45, 7) is 2.88. The number of esters is 1. The van der Waals surface area contributed by atoms with Crippen molar-refractivity contribution in [3.05, 3.63) is 28.9 Å². The van der Waals surface area contributed by atoms with Crippen molar-refractivity contribution in [1.82, 2.24) is 9.78 Å². The summed E-state index contributed by atoms with van der Waals surface area (Å²) in [5.74, 6) is -0.369. The van der Waals surface area contributed by atoms with Crippen LogP contribution in [0.3, 0.4) is 0 Å². The number of aromatic nitrogens is 2. The Morgan fingerprint density at radius 2 is 2.29 bits per heavy atom. The van der Waals surface area contributed by atoms with Gasteiger partial charge in [0.2, 0.25) is 0 Å². The zero-order valence-electron chi connectivity index (χ0n) is 9.74. The van der Waals surface area contributed by atoms with Crippen LogP contribution in [0.25, 0.3) is 10.9 Å². The quantitative estimate of drug-likeness (QED) is 0.789. The Morgan fingerprint density at radius 1 is 1.53 bits per heavy atom. The van der Waals surface area contributed by atoms with Crippen LogP contribution in [0.1, 0.15) is 23.7 Å². The minimum Gasteiger partial charge on any atom is -0.465 e. The van der Waals surface area contributed by atoms with E-state index >= 15 is 0 Å². The van der Waals surface area contributed by atoms with Gasteiger partial charge in [0.25, 0.3) is 0 Å². The van der Waals surface area contributed by atoms with Crippen molar-refractivity contribution in [2.75, 3.05) is 7.11 Å². The smallest absolute Gasteiger partial charge is 0.337 e. The monoisotopic (exact) mass is 252 g/mol. The average molecular weight is 253 g/mol. The van der Waals surface area contributed by atoms with Crippen molar-refractivity contribution >= 4 is 28.5 Å². The molecule has 0 amide bonds. The van der Waals surface area contributed by atoms with E-state index in [1.807, 2.05) is 10.7 Å². The fourth-order valence-electron chi connectivity index (χ4n) is 1.77. The molecule has 5 heteroatoms. The molecule has 0 saturated heterocycles. The molecule has 4 nitrogen and oxygen atoms in total. The maximum absolute atomic E-state index is 11.4. The second-order valence-electron chi connectivity index (χ2n) is 3.74. The van der Waals surface area contributed by atoms with Gasteiger partial charge in [-0.1, -0.05) is 18.5 Å². The number of nitrogens with zero attached hydrogens (tertiary/aromatic N) is 2. The molecule has 0 atom stereocenters. The highest BCUT2D eigenvalue weighted by Gasteiger charge is 2.12. The molecular weight excluding hydrogens is 240 g/mol. The fraction of sp³-hybridized carbons (Fsp3) is 0.333. The number of hydrogen-bond donors (Lipinski definition) is 0. The first kappa shape index (κ1) is 11.9. The molecule has 17 heavy (non-hydrogen) atoms. The Bertz CT molecular complexity index is 563. The number of hydrogen-bond acceptors (Lipinski definition) is 3. The van der Waals surface area contributed by atoms with Crippen LogP contribution in [0.4, 0.5) is 0 Å². The van der Waals surface area contributed by atoms with Crippen LogP contribution in [-0.4, -0.2) is 22.9 Å². The highest BCUT2D eigenvalue weighted by molar-refractivity contribution is 6.34. The molecule has 2 aromatic rings. The van der Waals surface area contributed by atoms with Crippen molar-refractivity contribution in [3.8, 4) is 0 Å². The summed E-state index contributed by atoms with van der Waals surface area (Å²) in [5.41, 5.74) is 1.42. The predicted molar refractivity (Wildman–Crippen MR) is 66.4 cm³/mol. The third-order valence-electron chi connectivity index (χ3n) is 2.56. The average Bonchev–Trinajstić information content (AvgIpc) is 2.65. The zero-order valence-corrected chi connectivity index (χ0v) is 10.5. The van der Waals surface area contributed by atoms with Crippen LogP contribution in [0.2, 0.25) is 5.15 Å². The molecule has 1 aromatic heterocycles. The van der Waals surface area contributed by atoms with Crippen LogP contribution in [0.5, 0.6) is 0 Å². The number of methoxy groups -OCH3 is 1. The maximum atomic E-state index is 11.4. The fourth-order valence-corrected chi connectivity index (χ4v) is 2.01. The van der Waals surface area contributed by atoms with E-state index in [1.165, 1.54) is 7.11 Å². The molecule has 0 aliphatic carbocycles. The van der Waals surface area contributed by atoms with Crippen molar-refractivity contribution < 1.29 is 9.53 Å². The molecule has 0 aliphatic heterocycles. The van der Waals surface area contributed by atoms with Gasteiger partial charge < -0.3 is 4.74 Å². The van der Waals surface area contributed by atoms with E-state index in [9.17, 15) is 4.79 Å². The third-order valence-corrected chi connectivity index (χ3v) is 2.84. The van der Waals surface area contributed by atoms with E-state index < -0.39 is 0 Å². The minimum atomic E-state index is -0.369. The standard InChI is InChI=1S/C12H13ClN2O2/c1-3-6-15-10-5-4-8(12(16)17-2)7-9(10)11(13)14-15/h4-5,7H,3,6H2,1-2H3. The van der Waals surface area contributed by atoms with E-state index in [0.29, 0.717) is 10.7 Å². The van der Waals surface area contributed by atoms with E-state index in [2.05, 4.69) is 16.8 Å². The molecule has 0 spiro atoms. The molecule has 0 N–H and O–H groups in total. The number of rotatable bonds is 3. The second kappa shape index (κ2) is 4.75. The van der Waals surface area contributed by atoms with Crippen LogP contribution < -0.4 is 0 Å². The second-order valence-corrected chi connectivity index (χ2v) is 4.10. The number of aryl methyl sites for hydroxylation is 1. The molecule has 0 radical (unpaired) electrons. The number of carbonyl (C=O) groups excluding carboxylic acids is 1. The van der Waals surface area contributed by atoms with E-state index in [4.69, 9.17) is 11.6 Å². The minimum absolute atomic E-state index is 0.369. The Hall–Kier alpha value is -1.55. The Morgan fingerprint density at radius 3 is 2.94 bits per heavy atom. The molecule has 0 aliphatic rings. The summed E-state index contributed by atoms with van der Waals surface area (Å²) in [5, 5.41) is 5.43. The number of halogens is 1. The van der Waals surface area contributed by atoms with Gasteiger partial charge in [-0.3, -0.25) is 4.68 Å². The topological polar surface area (TPSA) is 44.1 Å². The molecule has 0 fully saturated rings. The lowest BCUT2D eigenvalue weighted by atomic mass is 10.1. The van der Waals surface area contributed by atoms with Gasteiger partial charge in [-0.2, -0.15) is 5.10 Å². The van der Waals surface area contributed by atoms with Crippen molar-refractivity contribution in [2.45, 2.75) is 19.9 Å². The molecule has 2 rings (SSSR count). The van der Waals surface area contributed by atoms with E-state index in [-0.39, 0.29) is 5.97 Å². The molecule has 0 bridgehead atoms. The Labute approximate surface area is 104 Å². The van der Waals surface area contributed by atoms with Gasteiger partial charge in [0, 0.05) is 11.9 Å². The summed E-state index contributed by atoms with van der Waals surface area (Å²) >= 11 is 6.05. The lowest BCUT2D eigenvalue weighted by Gasteiger charge is -2.01. The van der Waals surface area contributed by atoms with Crippen LogP contribution in [-0.2, 0) is 11.3 Å². The molecule has 1 aromatic carbocycles. The largest absolute Gasteiger partial charge is 0.465 e. The SMILES string of the molecule is CCCn1nc(Cl)c2cc(C(=O)OC)ccc21. The summed E-state index contributed by atoms with van der Waals surface area (Å²) in [4.78, 5) is 11.4. The molecule has 0 saturated carbocycles. The van der Waals surface area contributed by atoms with Gasteiger partial charge in [-0.25, -0.2) is 4.79 Å². The van der Waals surface area contributed by atoms with Gasteiger partial charge in [-0.05, 0) is 24.6 Å². The van der Waals surface area contributed by atoms with Crippen molar-refractivity contribution in [2.24, 2.45) is 0 Å². The first-order valence-corrected chi connectivity index (χ1v) is 5.79. The van der Waals surface area contributed by atoms with Crippen LogP contribution >= 0.6 is 11.6 Å². The maximum Gasteiger partial charge on any atom is 0.337 e. The molecule has 0 unspecified atom stereocenters. The van der Waals surface area contributed by atoms with Crippen molar-refractivity contribution in [1.29, 1.82) is 0 Å². The predicted octanol–water partition coefficient (Wildman–Crippen LogP) is 2.89. The van der Waals surface area contributed by atoms with Crippen LogP contribution in [0.15, 0.2) is 18.2 Å². The van der Waals surface area contributed by atoms with Crippen molar-refractivity contribution in [3.63, 3.8) is 0 Å². The summed E-state index contributed by atoms with van der Waals surface area (Å²) in [6, 6.07) is 5.27. The normalized spacial score (nSPS) is 10.8. The molecule has 90 valence electrons. The Balaban J connectivity index is 2.55. The first-order valence-electron chi connectivity index (χ1n) is 5.41. The summed E-state index contributed by atoms with van der Waals surface area (Å²) < 4.78 is 6.52. The van der Waals surface area contributed by atoms with Gasteiger partial charge in [0.05, 0.1) is 18.2 Å². The van der Waals surface area contributed by atoms with Gasteiger partial charge >= 0.3 is 5.97 Å². The number of benzene rings is 1. The summed E-state index contributed by atoms with van der Waals surface area (Å²) in [6.07, 6.45) is 0.978. The van der Waals surface area contributed by atoms with Gasteiger partial charge in [0.1, 0.15) is 0 Å². The number of carbonyl (C=O) groups is 1. The molecule has 1 heterocycles. The van der Waals surface area contributed by atoms with Crippen LogP contribution in [0, 0.1) is 0 Å². The lowest BCUT2D eigenvalue weighted by Crippen LogP contribution is -2.01. The highest BCUT2D eigenvalue weighted by atomic mass is 35.5. The zero-order chi connectivity index (χ0) is 12.4. The molecular formula is C12H13ClN2O2. The van der Waals surface area contributed by atoms with Gasteiger partial charge in [0.15, 0.2) is 5.15 Å². The summed E-state index contributed by atoms with van der Waals surface area (Å²) in [7, 11) is 1.36. The lowest BCUT2D eigenvalue weighted by molar-refractivity contribution is 0.0601.